The van der Waals surface area contributed by atoms with Gasteiger partial charge in [0, 0.05) is 16.2 Å². The zero-order valence-corrected chi connectivity index (χ0v) is 11.7. The molecule has 1 heterocycles. The molecule has 4 heteroatoms. The minimum absolute atomic E-state index is 0.765. The fraction of sp³-hybridized carbons (Fsp3) is 0.0667. The molecule has 0 saturated carbocycles. The van der Waals surface area contributed by atoms with Crippen LogP contribution in [0.25, 0.3) is 10.9 Å². The van der Waals surface area contributed by atoms with Gasteiger partial charge in [-0.1, -0.05) is 41.9 Å². The molecule has 19 heavy (non-hydrogen) atoms. The van der Waals surface area contributed by atoms with Crippen LogP contribution in [0.15, 0.2) is 59.9 Å². The van der Waals surface area contributed by atoms with Gasteiger partial charge in [0.15, 0.2) is 0 Å². The number of hydrogen-bond donors (Lipinski definition) is 0. The van der Waals surface area contributed by atoms with Crippen LogP contribution >= 0.6 is 23.4 Å². The van der Waals surface area contributed by atoms with Crippen LogP contribution in [-0.4, -0.2) is 9.97 Å². The maximum absolute atomic E-state index is 5.88. The van der Waals surface area contributed by atoms with Gasteiger partial charge in [-0.3, -0.25) is 0 Å². The second kappa shape index (κ2) is 5.59. The van der Waals surface area contributed by atoms with Gasteiger partial charge >= 0.3 is 0 Å². The molecule has 0 radical (unpaired) electrons. The molecule has 0 aliphatic carbocycles. The van der Waals surface area contributed by atoms with Crippen molar-refractivity contribution in [3.8, 4) is 0 Å². The van der Waals surface area contributed by atoms with Crippen molar-refractivity contribution in [2.45, 2.75) is 10.8 Å². The molecule has 3 rings (SSSR count). The highest BCUT2D eigenvalue weighted by Gasteiger charge is 2.04. The number of halogens is 1. The molecule has 0 aliphatic rings. The Kier molecular flexibility index (Phi) is 3.67. The standard InChI is InChI=1S/C15H11ClN2S/c16-12-7-5-11(6-8-12)9-19-15-13-3-1-2-4-14(13)17-10-18-15/h1-8,10H,9H2. The summed E-state index contributed by atoms with van der Waals surface area (Å²) in [5.74, 6) is 0.873. The SMILES string of the molecule is Clc1ccc(CSc2ncnc3ccccc23)cc1. The summed E-state index contributed by atoms with van der Waals surface area (Å²) in [5.41, 5.74) is 2.22. The van der Waals surface area contributed by atoms with Gasteiger partial charge in [0.05, 0.1) is 5.52 Å². The fourth-order valence-corrected chi connectivity index (χ4v) is 2.90. The van der Waals surface area contributed by atoms with Gasteiger partial charge in [0.1, 0.15) is 11.4 Å². The Bertz CT molecular complexity index is 693. The molecule has 0 aliphatic heterocycles. The average molecular weight is 287 g/mol. The second-order valence-corrected chi connectivity index (χ2v) is 5.51. The van der Waals surface area contributed by atoms with Crippen molar-refractivity contribution >= 4 is 34.3 Å². The third-order valence-electron chi connectivity index (χ3n) is 2.80. The molecule has 1 aromatic heterocycles. The minimum atomic E-state index is 0.765. The van der Waals surface area contributed by atoms with Crippen LogP contribution in [0.5, 0.6) is 0 Å². The summed E-state index contributed by atoms with van der Waals surface area (Å²) in [4.78, 5) is 8.63. The number of hydrogen-bond acceptors (Lipinski definition) is 3. The van der Waals surface area contributed by atoms with Crippen molar-refractivity contribution in [2.24, 2.45) is 0 Å². The number of benzene rings is 2. The Hall–Kier alpha value is -1.58. The largest absolute Gasteiger partial charge is 0.236 e. The van der Waals surface area contributed by atoms with Crippen LogP contribution in [0.2, 0.25) is 5.02 Å². The van der Waals surface area contributed by atoms with Crippen LogP contribution in [0.4, 0.5) is 0 Å². The maximum Gasteiger partial charge on any atom is 0.117 e. The highest BCUT2D eigenvalue weighted by atomic mass is 35.5. The first-order chi connectivity index (χ1) is 9.33. The van der Waals surface area contributed by atoms with Gasteiger partial charge in [-0.15, -0.1) is 11.8 Å². The molecule has 2 nitrogen and oxygen atoms in total. The van der Waals surface area contributed by atoms with E-state index in [2.05, 4.69) is 16.0 Å². The number of para-hydroxylation sites is 1. The molecule has 0 unspecified atom stereocenters. The normalized spacial score (nSPS) is 10.8. The molecular formula is C15H11ClN2S. The lowest BCUT2D eigenvalue weighted by Crippen LogP contribution is -1.87. The number of nitrogens with zero attached hydrogens (tertiary/aromatic N) is 2. The molecule has 0 bridgehead atoms. The van der Waals surface area contributed by atoms with E-state index in [0.717, 1.165) is 26.7 Å². The topological polar surface area (TPSA) is 25.8 Å². The molecule has 0 fully saturated rings. The van der Waals surface area contributed by atoms with E-state index in [1.807, 2.05) is 42.5 Å². The summed E-state index contributed by atoms with van der Waals surface area (Å²) in [7, 11) is 0. The molecule has 3 aromatic rings. The van der Waals surface area contributed by atoms with Crippen LogP contribution in [-0.2, 0) is 5.75 Å². The van der Waals surface area contributed by atoms with Crippen molar-refractivity contribution in [2.75, 3.05) is 0 Å². The number of rotatable bonds is 3. The fourth-order valence-electron chi connectivity index (χ4n) is 1.83. The Morgan fingerprint density at radius 3 is 2.58 bits per heavy atom. The van der Waals surface area contributed by atoms with Crippen LogP contribution in [0.3, 0.4) is 0 Å². The molecule has 0 saturated heterocycles. The van der Waals surface area contributed by atoms with Gasteiger partial charge < -0.3 is 0 Å². The molecule has 0 spiro atoms. The van der Waals surface area contributed by atoms with Crippen molar-refractivity contribution in [3.63, 3.8) is 0 Å². The van der Waals surface area contributed by atoms with Crippen molar-refractivity contribution in [3.05, 3.63) is 65.4 Å². The van der Waals surface area contributed by atoms with Gasteiger partial charge in [0.2, 0.25) is 0 Å². The predicted octanol–water partition coefficient (Wildman–Crippen LogP) is 4.58. The second-order valence-electron chi connectivity index (χ2n) is 4.11. The van der Waals surface area contributed by atoms with E-state index < -0.39 is 0 Å². The van der Waals surface area contributed by atoms with Crippen molar-refractivity contribution in [1.82, 2.24) is 9.97 Å². The third-order valence-corrected chi connectivity index (χ3v) is 4.12. The average Bonchev–Trinajstić information content (AvgIpc) is 2.47. The Labute approximate surface area is 120 Å². The molecule has 0 amide bonds. The molecule has 0 N–H and O–H groups in total. The number of thioether (sulfide) groups is 1. The monoisotopic (exact) mass is 286 g/mol. The highest BCUT2D eigenvalue weighted by Crippen LogP contribution is 2.27. The third kappa shape index (κ3) is 2.88. The van der Waals surface area contributed by atoms with E-state index in [-0.39, 0.29) is 0 Å². The van der Waals surface area contributed by atoms with Crippen molar-refractivity contribution in [1.29, 1.82) is 0 Å². The molecular weight excluding hydrogens is 276 g/mol. The van der Waals surface area contributed by atoms with E-state index in [4.69, 9.17) is 11.6 Å². The quantitative estimate of drug-likeness (QED) is 0.521. The summed E-state index contributed by atoms with van der Waals surface area (Å²) in [6.45, 7) is 0. The number of aromatic nitrogens is 2. The maximum atomic E-state index is 5.88. The summed E-state index contributed by atoms with van der Waals surface area (Å²) < 4.78 is 0. The van der Waals surface area contributed by atoms with Gasteiger partial charge in [0.25, 0.3) is 0 Å². The predicted molar refractivity (Wildman–Crippen MR) is 80.6 cm³/mol. The Morgan fingerprint density at radius 1 is 0.947 bits per heavy atom. The summed E-state index contributed by atoms with van der Waals surface area (Å²) in [6.07, 6.45) is 1.62. The molecule has 2 aromatic carbocycles. The summed E-state index contributed by atoms with van der Waals surface area (Å²) >= 11 is 7.59. The highest BCUT2D eigenvalue weighted by molar-refractivity contribution is 7.98. The van der Waals surface area contributed by atoms with Gasteiger partial charge in [-0.05, 0) is 23.8 Å². The van der Waals surface area contributed by atoms with E-state index in [1.165, 1.54) is 5.56 Å². The molecule has 94 valence electrons. The van der Waals surface area contributed by atoms with E-state index >= 15 is 0 Å². The first-order valence-corrected chi connectivity index (χ1v) is 7.26. The van der Waals surface area contributed by atoms with Crippen LogP contribution < -0.4 is 0 Å². The minimum Gasteiger partial charge on any atom is -0.236 e. The van der Waals surface area contributed by atoms with Crippen LogP contribution in [0, 0.1) is 0 Å². The van der Waals surface area contributed by atoms with Gasteiger partial charge in [-0.2, -0.15) is 0 Å². The smallest absolute Gasteiger partial charge is 0.117 e. The zero-order valence-electron chi connectivity index (χ0n) is 10.1. The number of fused-ring (bicyclic) bond motifs is 1. The lowest BCUT2D eigenvalue weighted by atomic mass is 10.2. The lowest BCUT2D eigenvalue weighted by molar-refractivity contribution is 1.10. The van der Waals surface area contributed by atoms with E-state index in [0.29, 0.717) is 0 Å². The van der Waals surface area contributed by atoms with E-state index in [1.54, 1.807) is 18.1 Å². The lowest BCUT2D eigenvalue weighted by Gasteiger charge is -2.04. The summed E-state index contributed by atoms with van der Waals surface area (Å²) in [6, 6.07) is 16.0. The van der Waals surface area contributed by atoms with E-state index in [9.17, 15) is 0 Å². The van der Waals surface area contributed by atoms with Crippen molar-refractivity contribution < 1.29 is 0 Å². The Balaban J connectivity index is 1.84. The van der Waals surface area contributed by atoms with Crippen LogP contribution in [0.1, 0.15) is 5.56 Å². The first kappa shape index (κ1) is 12.5. The Morgan fingerprint density at radius 2 is 1.74 bits per heavy atom. The van der Waals surface area contributed by atoms with Gasteiger partial charge in [-0.25, -0.2) is 9.97 Å². The zero-order chi connectivity index (χ0) is 13.1. The summed E-state index contributed by atoms with van der Waals surface area (Å²) in [5, 5.41) is 2.88. The first-order valence-electron chi connectivity index (χ1n) is 5.90. The molecule has 0 atom stereocenters.